The topological polar surface area (TPSA) is 0 Å². The van der Waals surface area contributed by atoms with Crippen molar-refractivity contribution in [2.45, 2.75) is 104 Å². The highest BCUT2D eigenvalue weighted by Crippen LogP contribution is 2.09. The van der Waals surface area contributed by atoms with E-state index < -0.39 is 0 Å². The molecule has 0 aliphatic carbocycles. The Balaban J connectivity index is 3.00. The van der Waals surface area contributed by atoms with Gasteiger partial charge in [-0.1, -0.05) is 90.2 Å². The van der Waals surface area contributed by atoms with Crippen molar-refractivity contribution in [2.75, 3.05) is 0 Å². The molecule has 18 heavy (non-hydrogen) atoms. The first-order chi connectivity index (χ1) is 8.91. The lowest BCUT2D eigenvalue weighted by molar-refractivity contribution is 0.606. The summed E-state index contributed by atoms with van der Waals surface area (Å²) >= 11 is 0. The van der Waals surface area contributed by atoms with Crippen LogP contribution < -0.4 is 0 Å². The predicted octanol–water partition coefficient (Wildman–Crippen LogP) is 7.04. The molecular weight excluding hydrogens is 216 g/mol. The summed E-state index contributed by atoms with van der Waals surface area (Å²) in [6, 6.07) is 0. The highest BCUT2D eigenvalue weighted by atomic mass is 14.0. The van der Waals surface area contributed by atoms with Crippen LogP contribution in [0.25, 0.3) is 0 Å². The van der Waals surface area contributed by atoms with E-state index >= 15 is 0 Å². The second kappa shape index (κ2) is 16.7. The van der Waals surface area contributed by atoms with Gasteiger partial charge in [0.25, 0.3) is 0 Å². The average Bonchev–Trinajstić information content (AvgIpc) is 2.39. The monoisotopic (exact) mass is 252 g/mol. The molecule has 0 amide bonds. The molecule has 0 radical (unpaired) electrons. The SMILES string of the molecule is CCCCCCCCC=CCCCCCCCC. The fourth-order valence-electron chi connectivity index (χ4n) is 2.32. The molecule has 0 rings (SSSR count). The minimum atomic E-state index is 1.31. The number of unbranched alkanes of at least 4 members (excludes halogenated alkanes) is 12. The Hall–Kier alpha value is -0.260. The van der Waals surface area contributed by atoms with Crippen LogP contribution in [0.15, 0.2) is 12.2 Å². The summed E-state index contributed by atoms with van der Waals surface area (Å²) in [5, 5.41) is 0. The lowest BCUT2D eigenvalue weighted by Crippen LogP contribution is -1.79. The largest absolute Gasteiger partial charge is 0.0885 e. The van der Waals surface area contributed by atoms with Gasteiger partial charge in [-0.05, 0) is 25.7 Å². The van der Waals surface area contributed by atoms with E-state index in [0.717, 1.165) is 0 Å². The van der Waals surface area contributed by atoms with Gasteiger partial charge in [0.1, 0.15) is 0 Å². The summed E-state index contributed by atoms with van der Waals surface area (Å²) < 4.78 is 0. The number of rotatable bonds is 14. The fourth-order valence-corrected chi connectivity index (χ4v) is 2.32. The van der Waals surface area contributed by atoms with Gasteiger partial charge in [0.15, 0.2) is 0 Å². The lowest BCUT2D eigenvalue weighted by Gasteiger charge is -1.98. The maximum Gasteiger partial charge on any atom is -0.0351 e. The van der Waals surface area contributed by atoms with E-state index in [1.807, 2.05) is 0 Å². The average molecular weight is 252 g/mol. The van der Waals surface area contributed by atoms with E-state index in [-0.39, 0.29) is 0 Å². The van der Waals surface area contributed by atoms with Crippen LogP contribution in [-0.4, -0.2) is 0 Å². The smallest absolute Gasteiger partial charge is 0.0351 e. The summed E-state index contributed by atoms with van der Waals surface area (Å²) in [5.74, 6) is 0. The minimum absolute atomic E-state index is 1.31. The predicted molar refractivity (Wildman–Crippen MR) is 85.1 cm³/mol. The molecule has 0 saturated heterocycles. The third-order valence-corrected chi connectivity index (χ3v) is 3.62. The van der Waals surface area contributed by atoms with Gasteiger partial charge in [0.05, 0.1) is 0 Å². The highest BCUT2D eigenvalue weighted by molar-refractivity contribution is 4.81. The van der Waals surface area contributed by atoms with Crippen molar-refractivity contribution in [1.82, 2.24) is 0 Å². The third-order valence-electron chi connectivity index (χ3n) is 3.62. The second-order valence-corrected chi connectivity index (χ2v) is 5.58. The van der Waals surface area contributed by atoms with Gasteiger partial charge in [0, 0.05) is 0 Å². The van der Waals surface area contributed by atoms with Crippen LogP contribution in [0.1, 0.15) is 104 Å². The van der Waals surface area contributed by atoms with E-state index in [0.29, 0.717) is 0 Å². The first-order valence-electron chi connectivity index (χ1n) is 8.56. The van der Waals surface area contributed by atoms with E-state index in [2.05, 4.69) is 26.0 Å². The summed E-state index contributed by atoms with van der Waals surface area (Å²) in [5.41, 5.74) is 0. The molecule has 0 atom stereocenters. The molecule has 0 nitrogen and oxygen atoms in total. The molecule has 0 N–H and O–H groups in total. The Morgan fingerprint density at radius 2 is 0.778 bits per heavy atom. The summed E-state index contributed by atoms with van der Waals surface area (Å²) in [4.78, 5) is 0. The van der Waals surface area contributed by atoms with Crippen LogP contribution in [-0.2, 0) is 0 Å². The lowest BCUT2D eigenvalue weighted by atomic mass is 10.1. The van der Waals surface area contributed by atoms with E-state index in [1.165, 1.54) is 89.9 Å². The maximum atomic E-state index is 2.41. The standard InChI is InChI=1S/C18H36/c1-3-5-7-9-11-13-15-17-18-16-14-12-10-8-6-4-2/h17-18H,3-16H2,1-2H3. The molecule has 0 fully saturated rings. The van der Waals surface area contributed by atoms with Gasteiger partial charge in [-0.2, -0.15) is 0 Å². The van der Waals surface area contributed by atoms with E-state index in [4.69, 9.17) is 0 Å². The summed E-state index contributed by atoms with van der Waals surface area (Å²) in [6.07, 6.45) is 24.4. The van der Waals surface area contributed by atoms with Crippen LogP contribution >= 0.6 is 0 Å². The molecule has 0 saturated carbocycles. The molecule has 108 valence electrons. The van der Waals surface area contributed by atoms with Crippen molar-refractivity contribution in [1.29, 1.82) is 0 Å². The van der Waals surface area contributed by atoms with Crippen molar-refractivity contribution >= 4 is 0 Å². The second-order valence-electron chi connectivity index (χ2n) is 5.58. The summed E-state index contributed by atoms with van der Waals surface area (Å²) in [7, 11) is 0. The molecule has 0 heterocycles. The maximum absolute atomic E-state index is 2.41. The number of allylic oxidation sites excluding steroid dienone is 2. The molecule has 0 aliphatic heterocycles. The van der Waals surface area contributed by atoms with Gasteiger partial charge in [0.2, 0.25) is 0 Å². The molecule has 0 heteroatoms. The first-order valence-corrected chi connectivity index (χ1v) is 8.56. The Labute approximate surface area is 116 Å². The molecule has 0 aromatic heterocycles. The van der Waals surface area contributed by atoms with Crippen LogP contribution in [0.5, 0.6) is 0 Å². The first kappa shape index (κ1) is 17.7. The van der Waals surface area contributed by atoms with Crippen LogP contribution in [0.3, 0.4) is 0 Å². The van der Waals surface area contributed by atoms with Crippen molar-refractivity contribution < 1.29 is 0 Å². The molecular formula is C18H36. The van der Waals surface area contributed by atoms with Crippen molar-refractivity contribution in [3.8, 4) is 0 Å². The van der Waals surface area contributed by atoms with Gasteiger partial charge in [-0.25, -0.2) is 0 Å². The fraction of sp³-hybridized carbons (Fsp3) is 0.889. The summed E-state index contributed by atoms with van der Waals surface area (Å²) in [6.45, 7) is 4.57. The Morgan fingerprint density at radius 3 is 1.17 bits per heavy atom. The molecule has 0 bridgehead atoms. The zero-order valence-electron chi connectivity index (χ0n) is 13.1. The van der Waals surface area contributed by atoms with Gasteiger partial charge < -0.3 is 0 Å². The molecule has 0 aliphatic rings. The Kier molecular flexibility index (Phi) is 16.5. The molecule has 0 aromatic rings. The van der Waals surface area contributed by atoms with Crippen LogP contribution in [0.2, 0.25) is 0 Å². The zero-order valence-corrected chi connectivity index (χ0v) is 13.1. The Bertz CT molecular complexity index is 139. The quantitative estimate of drug-likeness (QED) is 0.230. The molecule has 0 spiro atoms. The van der Waals surface area contributed by atoms with E-state index in [9.17, 15) is 0 Å². The normalized spacial score (nSPS) is 11.4. The zero-order chi connectivity index (χ0) is 13.3. The number of hydrogen-bond acceptors (Lipinski definition) is 0. The van der Waals surface area contributed by atoms with Crippen LogP contribution in [0.4, 0.5) is 0 Å². The van der Waals surface area contributed by atoms with Crippen molar-refractivity contribution in [3.63, 3.8) is 0 Å². The third kappa shape index (κ3) is 15.7. The minimum Gasteiger partial charge on any atom is -0.0885 e. The van der Waals surface area contributed by atoms with Gasteiger partial charge in [-0.15, -0.1) is 0 Å². The van der Waals surface area contributed by atoms with Gasteiger partial charge in [-0.3, -0.25) is 0 Å². The number of hydrogen-bond donors (Lipinski definition) is 0. The van der Waals surface area contributed by atoms with Crippen molar-refractivity contribution in [2.24, 2.45) is 0 Å². The van der Waals surface area contributed by atoms with Gasteiger partial charge >= 0.3 is 0 Å². The van der Waals surface area contributed by atoms with E-state index in [1.54, 1.807) is 0 Å². The van der Waals surface area contributed by atoms with Crippen molar-refractivity contribution in [3.05, 3.63) is 12.2 Å². The molecule has 0 aromatic carbocycles. The highest BCUT2D eigenvalue weighted by Gasteiger charge is 1.89. The molecule has 0 unspecified atom stereocenters. The van der Waals surface area contributed by atoms with Crippen LogP contribution in [0, 0.1) is 0 Å². The Morgan fingerprint density at radius 1 is 0.444 bits per heavy atom.